The quantitative estimate of drug-likeness (QED) is 0.0816. The molecule has 2 heterocycles. The maximum absolute atomic E-state index is 13.4. The van der Waals surface area contributed by atoms with Crippen molar-refractivity contribution in [2.45, 2.75) is 47.5 Å². The highest BCUT2D eigenvalue weighted by atomic mass is 35.5. The molecule has 0 aliphatic carbocycles. The summed E-state index contributed by atoms with van der Waals surface area (Å²) < 4.78 is 93.9. The molecule has 0 unspecified atom stereocenters. The number of thiophene rings is 1. The van der Waals surface area contributed by atoms with Gasteiger partial charge in [0.15, 0.2) is 13.2 Å². The normalized spacial score (nSPS) is 11.5. The van der Waals surface area contributed by atoms with Crippen LogP contribution in [0.4, 0.5) is 26.3 Å². The van der Waals surface area contributed by atoms with Crippen LogP contribution in [-0.4, -0.2) is 35.4 Å². The van der Waals surface area contributed by atoms with E-state index in [1.165, 1.54) is 30.0 Å². The van der Waals surface area contributed by atoms with Gasteiger partial charge in [0.2, 0.25) is 5.76 Å². The molecular formula is C42H33ClF6O7S3. The van der Waals surface area contributed by atoms with E-state index in [1.54, 1.807) is 78.6 Å². The van der Waals surface area contributed by atoms with Crippen LogP contribution in [0.3, 0.4) is 0 Å². The number of furan rings is 1. The second-order valence-corrected chi connectivity index (χ2v) is 16.3. The van der Waals surface area contributed by atoms with Crippen molar-refractivity contribution in [2.75, 3.05) is 13.2 Å². The molecule has 59 heavy (non-hydrogen) atoms. The number of carboxylic acids is 2. The number of alkyl halides is 6. The summed E-state index contributed by atoms with van der Waals surface area (Å²) in [5.41, 5.74) is 2.17. The van der Waals surface area contributed by atoms with Crippen molar-refractivity contribution >= 4 is 58.4 Å². The van der Waals surface area contributed by atoms with Crippen LogP contribution in [0.2, 0.25) is 5.02 Å². The van der Waals surface area contributed by atoms with E-state index in [1.807, 2.05) is 31.2 Å². The van der Waals surface area contributed by atoms with E-state index in [9.17, 15) is 35.9 Å². The third-order valence-corrected chi connectivity index (χ3v) is 11.8. The Balaban J connectivity index is 0.000000224. The molecule has 2 N–H and O–H groups in total. The molecule has 0 fully saturated rings. The molecular weight excluding hydrogens is 862 g/mol. The maximum Gasteiger partial charge on any atom is 0.449 e. The molecule has 0 spiro atoms. The van der Waals surface area contributed by atoms with Crippen molar-refractivity contribution in [1.29, 1.82) is 0 Å². The van der Waals surface area contributed by atoms with Gasteiger partial charge in [-0.1, -0.05) is 23.7 Å². The first-order valence-electron chi connectivity index (χ1n) is 17.2. The Bertz CT molecular complexity index is 2370. The lowest BCUT2D eigenvalue weighted by atomic mass is 10.1. The highest BCUT2D eigenvalue weighted by molar-refractivity contribution is 7.98. The number of aliphatic carboxylic acids is 2. The second-order valence-electron chi connectivity index (χ2n) is 12.6. The van der Waals surface area contributed by atoms with Gasteiger partial charge in [0.25, 0.3) is 0 Å². The van der Waals surface area contributed by atoms with E-state index in [0.29, 0.717) is 27.6 Å². The first-order valence-corrected chi connectivity index (χ1v) is 20.4. The van der Waals surface area contributed by atoms with E-state index >= 15 is 0 Å². The Morgan fingerprint density at radius 2 is 1.20 bits per heavy atom. The van der Waals surface area contributed by atoms with Crippen LogP contribution < -0.4 is 9.47 Å². The number of carbonyl (C=O) groups is 2. The largest absolute Gasteiger partial charge is 0.482 e. The standard InChI is InChI=1S/C21H16ClF3O4S.C21H17F3O3S2/c1-12-8-16(6-7-17(12)28-10-19(26)27)30-11-14-9-18(29-20(14)21(23,24)25)13-2-4-15(22)5-3-13;1-13-10-16(6-8-18(13)27-11-20(25)26)28-12-17-7-9-19(29-17)14-2-4-15(5-3-14)21(22,23)24/h2-9H,10-11H2,1H3,(H,26,27);2-10H,11-12H2,1H3,(H,25,26). The van der Waals surface area contributed by atoms with Crippen LogP contribution in [0.15, 0.2) is 117 Å². The van der Waals surface area contributed by atoms with E-state index in [2.05, 4.69) is 0 Å². The monoisotopic (exact) mass is 894 g/mol. The van der Waals surface area contributed by atoms with E-state index in [-0.39, 0.29) is 23.7 Å². The molecule has 6 aromatic rings. The molecule has 2 aromatic heterocycles. The van der Waals surface area contributed by atoms with Crippen LogP contribution in [0, 0.1) is 13.8 Å². The van der Waals surface area contributed by atoms with Crippen molar-refractivity contribution in [3.8, 4) is 33.3 Å². The van der Waals surface area contributed by atoms with Crippen molar-refractivity contribution in [2.24, 2.45) is 0 Å². The Hall–Kier alpha value is -5.03. The van der Waals surface area contributed by atoms with Crippen molar-refractivity contribution < 1.29 is 60.0 Å². The Morgan fingerprint density at radius 1 is 0.678 bits per heavy atom. The van der Waals surface area contributed by atoms with E-state index in [4.69, 9.17) is 35.7 Å². The van der Waals surface area contributed by atoms with Gasteiger partial charge < -0.3 is 24.1 Å². The summed E-state index contributed by atoms with van der Waals surface area (Å²) in [5.74, 6) is -1.32. The minimum absolute atomic E-state index is 0.0290. The first-order chi connectivity index (χ1) is 27.8. The van der Waals surface area contributed by atoms with Gasteiger partial charge >= 0.3 is 24.3 Å². The van der Waals surface area contributed by atoms with Crippen LogP contribution in [0.1, 0.15) is 32.9 Å². The van der Waals surface area contributed by atoms with Gasteiger partial charge in [-0.15, -0.1) is 34.9 Å². The fourth-order valence-electron chi connectivity index (χ4n) is 5.31. The van der Waals surface area contributed by atoms with E-state index < -0.39 is 42.2 Å². The fraction of sp³-hybridized carbons (Fsp3) is 0.190. The maximum atomic E-state index is 13.4. The molecule has 0 saturated heterocycles. The molecule has 0 radical (unpaired) electrons. The number of carboxylic acid groups (broad SMARTS) is 2. The van der Waals surface area contributed by atoms with Gasteiger partial charge in [-0.2, -0.15) is 26.3 Å². The summed E-state index contributed by atoms with van der Waals surface area (Å²) in [4.78, 5) is 25.0. The molecule has 7 nitrogen and oxygen atoms in total. The molecule has 6 rings (SSSR count). The Kier molecular flexibility index (Phi) is 15.1. The highest BCUT2D eigenvalue weighted by Crippen LogP contribution is 2.41. The van der Waals surface area contributed by atoms with Gasteiger partial charge in [-0.25, -0.2) is 9.59 Å². The van der Waals surface area contributed by atoms with Gasteiger partial charge in [0.1, 0.15) is 17.3 Å². The first kappa shape index (κ1) is 45.1. The average molecular weight is 895 g/mol. The number of hydrogen-bond donors (Lipinski definition) is 2. The molecule has 0 aliphatic rings. The molecule has 17 heteroatoms. The molecule has 0 bridgehead atoms. The summed E-state index contributed by atoms with van der Waals surface area (Å²) in [5, 5.41) is 17.8. The third kappa shape index (κ3) is 13.2. The van der Waals surface area contributed by atoms with Crippen LogP contribution in [0.5, 0.6) is 11.5 Å². The Morgan fingerprint density at radius 3 is 1.69 bits per heavy atom. The van der Waals surface area contributed by atoms with Gasteiger partial charge in [-0.3, -0.25) is 0 Å². The average Bonchev–Trinajstić information content (AvgIpc) is 3.84. The van der Waals surface area contributed by atoms with Gasteiger partial charge in [0, 0.05) is 47.2 Å². The lowest BCUT2D eigenvalue weighted by molar-refractivity contribution is -0.153. The fourth-order valence-corrected chi connectivity index (χ4v) is 8.45. The number of ether oxygens (including phenoxy) is 2. The zero-order valence-corrected chi connectivity index (χ0v) is 34.2. The van der Waals surface area contributed by atoms with Crippen LogP contribution >= 0.6 is 46.5 Å². The molecule has 0 atom stereocenters. The number of thioether (sulfide) groups is 2. The van der Waals surface area contributed by atoms with Crippen molar-refractivity contribution in [3.05, 3.63) is 141 Å². The molecule has 0 aliphatic heterocycles. The van der Waals surface area contributed by atoms with E-state index in [0.717, 1.165) is 48.6 Å². The summed E-state index contributed by atoms with van der Waals surface area (Å²) in [6.07, 6.45) is -8.95. The van der Waals surface area contributed by atoms with Gasteiger partial charge in [-0.05, 0) is 122 Å². The minimum Gasteiger partial charge on any atom is -0.482 e. The zero-order chi connectivity index (χ0) is 42.9. The summed E-state index contributed by atoms with van der Waals surface area (Å²) in [6.45, 7) is 2.74. The van der Waals surface area contributed by atoms with Crippen LogP contribution in [-0.2, 0) is 33.4 Å². The lowest BCUT2D eigenvalue weighted by Crippen LogP contribution is -2.10. The second kappa shape index (κ2) is 19.8. The van der Waals surface area contributed by atoms with Crippen molar-refractivity contribution in [3.63, 3.8) is 0 Å². The minimum atomic E-state index is -4.62. The molecule has 0 saturated carbocycles. The third-order valence-electron chi connectivity index (χ3n) is 8.12. The number of hydrogen-bond acceptors (Lipinski definition) is 8. The smallest absolute Gasteiger partial charge is 0.449 e. The van der Waals surface area contributed by atoms with Crippen LogP contribution in [0.25, 0.3) is 21.8 Å². The SMILES string of the molecule is Cc1cc(SCc2cc(-c3ccc(Cl)cc3)oc2C(F)(F)F)ccc1OCC(=O)O.Cc1cc(SCc2ccc(-c3ccc(C(F)(F)F)cc3)s2)ccc1OCC(=O)O. The lowest BCUT2D eigenvalue weighted by Gasteiger charge is -2.09. The molecule has 0 amide bonds. The molecule has 4 aromatic carbocycles. The summed E-state index contributed by atoms with van der Waals surface area (Å²) in [6, 6.07) is 27.4. The predicted molar refractivity (Wildman–Crippen MR) is 217 cm³/mol. The topological polar surface area (TPSA) is 106 Å². The highest BCUT2D eigenvalue weighted by Gasteiger charge is 2.38. The van der Waals surface area contributed by atoms with Crippen molar-refractivity contribution in [1.82, 2.24) is 0 Å². The Labute approximate surface area is 351 Å². The number of rotatable bonds is 14. The zero-order valence-electron chi connectivity index (χ0n) is 30.9. The number of halogens is 7. The number of aryl methyl sites for hydroxylation is 2. The number of benzene rings is 4. The van der Waals surface area contributed by atoms with Gasteiger partial charge in [0.05, 0.1) is 5.56 Å². The summed E-state index contributed by atoms with van der Waals surface area (Å²) >= 11 is 10.2. The molecule has 310 valence electrons. The summed E-state index contributed by atoms with van der Waals surface area (Å²) in [7, 11) is 0. The predicted octanol–water partition coefficient (Wildman–Crippen LogP) is 13.2.